The monoisotopic (exact) mass is 319 g/mol. The Morgan fingerprint density at radius 2 is 2.04 bits per heavy atom. The second-order valence-electron chi connectivity index (χ2n) is 4.99. The van der Waals surface area contributed by atoms with E-state index < -0.39 is 0 Å². The Morgan fingerprint density at radius 1 is 1.12 bits per heavy atom. The molecule has 0 unspecified atom stereocenters. The largest absolute Gasteiger partial charge is 0.481 e. The number of hydrogen-bond donors (Lipinski definition) is 1. The van der Waals surface area contributed by atoms with Gasteiger partial charge < -0.3 is 10.1 Å². The van der Waals surface area contributed by atoms with Gasteiger partial charge in [-0.2, -0.15) is 0 Å². The fraction of sp³-hybridized carbons (Fsp3) is 0.111. The first-order chi connectivity index (χ1) is 11.8. The molecule has 0 aliphatic heterocycles. The third kappa shape index (κ3) is 3.73. The lowest BCUT2D eigenvalue weighted by atomic mass is 10.1. The molecule has 0 atom stereocenters. The number of aromatic nitrogens is 3. The lowest BCUT2D eigenvalue weighted by Gasteiger charge is -2.07. The molecule has 24 heavy (non-hydrogen) atoms. The van der Waals surface area contributed by atoms with Gasteiger partial charge in [0.05, 0.1) is 24.7 Å². The Balaban J connectivity index is 1.84. The summed E-state index contributed by atoms with van der Waals surface area (Å²) in [6.07, 6.45) is 5.21. The van der Waals surface area contributed by atoms with Gasteiger partial charge in [0, 0.05) is 31.1 Å². The van der Waals surface area contributed by atoms with E-state index in [9.17, 15) is 0 Å². The van der Waals surface area contributed by atoms with Crippen molar-refractivity contribution in [2.24, 2.45) is 4.99 Å². The standard InChI is InChI=1S/C18H17N5O/c1-19-11-13-4-3-5-14(10-13)16-8-9-20-18(23-16)22-15-6-7-17(24-2)21-12-15/h3-12H,1-2H3,(H,20,22,23). The third-order valence-corrected chi connectivity index (χ3v) is 3.32. The number of rotatable bonds is 5. The van der Waals surface area contributed by atoms with E-state index in [-0.39, 0.29) is 0 Å². The highest BCUT2D eigenvalue weighted by Crippen LogP contribution is 2.20. The van der Waals surface area contributed by atoms with E-state index >= 15 is 0 Å². The summed E-state index contributed by atoms with van der Waals surface area (Å²) in [5, 5.41) is 3.14. The Bertz CT molecular complexity index is 846. The summed E-state index contributed by atoms with van der Waals surface area (Å²) in [7, 11) is 3.33. The maximum Gasteiger partial charge on any atom is 0.227 e. The van der Waals surface area contributed by atoms with Gasteiger partial charge >= 0.3 is 0 Å². The number of anilines is 2. The Kier molecular flexibility index (Phi) is 4.76. The van der Waals surface area contributed by atoms with E-state index in [0.29, 0.717) is 11.8 Å². The van der Waals surface area contributed by atoms with Gasteiger partial charge in [0.25, 0.3) is 0 Å². The lowest BCUT2D eigenvalue weighted by molar-refractivity contribution is 0.398. The highest BCUT2D eigenvalue weighted by Gasteiger charge is 2.04. The summed E-state index contributed by atoms with van der Waals surface area (Å²) in [5.41, 5.74) is 3.66. The molecule has 1 N–H and O–H groups in total. The van der Waals surface area contributed by atoms with E-state index in [1.807, 2.05) is 42.6 Å². The maximum atomic E-state index is 5.05. The molecule has 0 aliphatic rings. The van der Waals surface area contributed by atoms with Crippen molar-refractivity contribution in [3.8, 4) is 17.1 Å². The summed E-state index contributed by atoms with van der Waals surface area (Å²) in [6.45, 7) is 0. The number of benzene rings is 1. The van der Waals surface area contributed by atoms with Crippen LogP contribution in [0.25, 0.3) is 11.3 Å². The zero-order valence-corrected chi connectivity index (χ0v) is 13.5. The van der Waals surface area contributed by atoms with Crippen LogP contribution < -0.4 is 10.1 Å². The van der Waals surface area contributed by atoms with Gasteiger partial charge in [-0.15, -0.1) is 0 Å². The summed E-state index contributed by atoms with van der Waals surface area (Å²) >= 11 is 0. The lowest BCUT2D eigenvalue weighted by Crippen LogP contribution is -1.99. The van der Waals surface area contributed by atoms with Crippen molar-refractivity contribution in [2.45, 2.75) is 0 Å². The van der Waals surface area contributed by atoms with Crippen LogP contribution in [0.15, 0.2) is 59.9 Å². The van der Waals surface area contributed by atoms with E-state index in [0.717, 1.165) is 22.5 Å². The topological polar surface area (TPSA) is 72.3 Å². The van der Waals surface area contributed by atoms with Crippen molar-refractivity contribution in [3.05, 3.63) is 60.4 Å². The molecular formula is C18H17N5O. The Labute approximate surface area is 140 Å². The molecule has 6 heteroatoms. The van der Waals surface area contributed by atoms with Crippen LogP contribution in [-0.4, -0.2) is 35.3 Å². The van der Waals surface area contributed by atoms with Crippen LogP contribution in [0, 0.1) is 0 Å². The molecule has 0 saturated carbocycles. The average molecular weight is 319 g/mol. The summed E-state index contributed by atoms with van der Waals surface area (Å²) in [5.74, 6) is 1.07. The average Bonchev–Trinajstić information content (AvgIpc) is 2.63. The first-order valence-electron chi connectivity index (χ1n) is 7.41. The first-order valence-corrected chi connectivity index (χ1v) is 7.41. The van der Waals surface area contributed by atoms with Gasteiger partial charge in [-0.3, -0.25) is 4.99 Å². The number of ether oxygens (including phenoxy) is 1. The summed E-state index contributed by atoms with van der Waals surface area (Å²) in [6, 6.07) is 13.5. The molecule has 3 aromatic rings. The second-order valence-corrected chi connectivity index (χ2v) is 4.99. The molecule has 0 saturated heterocycles. The highest BCUT2D eigenvalue weighted by molar-refractivity contribution is 5.82. The number of nitrogens with zero attached hydrogens (tertiary/aromatic N) is 4. The number of methoxy groups -OCH3 is 1. The van der Waals surface area contributed by atoms with Crippen LogP contribution in [-0.2, 0) is 0 Å². The molecule has 0 spiro atoms. The van der Waals surface area contributed by atoms with Crippen molar-refractivity contribution in [2.75, 3.05) is 19.5 Å². The van der Waals surface area contributed by atoms with E-state index in [4.69, 9.17) is 4.74 Å². The molecule has 2 aromatic heterocycles. The molecule has 120 valence electrons. The zero-order chi connectivity index (χ0) is 16.8. The number of pyridine rings is 1. The number of hydrogen-bond acceptors (Lipinski definition) is 6. The Hall–Kier alpha value is -3.28. The predicted octanol–water partition coefficient (Wildman–Crippen LogP) is 3.34. The molecule has 0 bridgehead atoms. The third-order valence-electron chi connectivity index (χ3n) is 3.32. The van der Waals surface area contributed by atoms with Crippen LogP contribution in [0.5, 0.6) is 5.88 Å². The quantitative estimate of drug-likeness (QED) is 0.730. The molecule has 0 aliphatic carbocycles. The molecule has 1 aromatic carbocycles. The first kappa shape index (κ1) is 15.6. The van der Waals surface area contributed by atoms with Gasteiger partial charge in [-0.05, 0) is 23.8 Å². The van der Waals surface area contributed by atoms with Gasteiger partial charge in [-0.1, -0.05) is 18.2 Å². The van der Waals surface area contributed by atoms with Gasteiger partial charge in [0.1, 0.15) is 0 Å². The number of aliphatic imine (C=N–C) groups is 1. The van der Waals surface area contributed by atoms with Crippen molar-refractivity contribution < 1.29 is 4.74 Å². The molecule has 3 rings (SSSR count). The van der Waals surface area contributed by atoms with Crippen molar-refractivity contribution in [1.82, 2.24) is 15.0 Å². The SMILES string of the molecule is CN=Cc1cccc(-c2ccnc(Nc3ccc(OC)nc3)n2)c1. The van der Waals surface area contributed by atoms with Crippen LogP contribution >= 0.6 is 0 Å². The van der Waals surface area contributed by atoms with Crippen molar-refractivity contribution in [3.63, 3.8) is 0 Å². The minimum atomic E-state index is 0.508. The van der Waals surface area contributed by atoms with Crippen LogP contribution in [0.2, 0.25) is 0 Å². The predicted molar refractivity (Wildman–Crippen MR) is 95.1 cm³/mol. The maximum absolute atomic E-state index is 5.05. The molecule has 0 amide bonds. The normalized spacial score (nSPS) is 10.8. The zero-order valence-electron chi connectivity index (χ0n) is 13.5. The van der Waals surface area contributed by atoms with Crippen LogP contribution in [0.4, 0.5) is 11.6 Å². The van der Waals surface area contributed by atoms with Crippen LogP contribution in [0.3, 0.4) is 0 Å². The van der Waals surface area contributed by atoms with E-state index in [1.54, 1.807) is 32.6 Å². The fourth-order valence-corrected chi connectivity index (χ4v) is 2.21. The molecule has 0 fully saturated rings. The highest BCUT2D eigenvalue weighted by atomic mass is 16.5. The van der Waals surface area contributed by atoms with Crippen molar-refractivity contribution in [1.29, 1.82) is 0 Å². The Morgan fingerprint density at radius 3 is 2.79 bits per heavy atom. The van der Waals surface area contributed by atoms with E-state index in [1.165, 1.54) is 0 Å². The van der Waals surface area contributed by atoms with Gasteiger partial charge in [0.15, 0.2) is 0 Å². The molecule has 2 heterocycles. The molecular weight excluding hydrogens is 302 g/mol. The van der Waals surface area contributed by atoms with Crippen molar-refractivity contribution >= 4 is 17.9 Å². The van der Waals surface area contributed by atoms with Gasteiger partial charge in [-0.25, -0.2) is 15.0 Å². The number of nitrogens with one attached hydrogen (secondary N) is 1. The summed E-state index contributed by atoms with van der Waals surface area (Å²) < 4.78 is 5.05. The minimum absolute atomic E-state index is 0.508. The second kappa shape index (κ2) is 7.32. The van der Waals surface area contributed by atoms with Gasteiger partial charge in [0.2, 0.25) is 11.8 Å². The van der Waals surface area contributed by atoms with Crippen LogP contribution in [0.1, 0.15) is 5.56 Å². The fourth-order valence-electron chi connectivity index (χ4n) is 2.21. The summed E-state index contributed by atoms with van der Waals surface area (Å²) in [4.78, 5) is 17.0. The molecule has 0 radical (unpaired) electrons. The van der Waals surface area contributed by atoms with E-state index in [2.05, 4.69) is 25.3 Å². The minimum Gasteiger partial charge on any atom is -0.481 e. The smallest absolute Gasteiger partial charge is 0.227 e. The molecule has 6 nitrogen and oxygen atoms in total.